The second kappa shape index (κ2) is 4.93. The quantitative estimate of drug-likeness (QED) is 0.380. The van der Waals surface area contributed by atoms with E-state index in [2.05, 4.69) is 5.16 Å². The van der Waals surface area contributed by atoms with Crippen molar-refractivity contribution in [1.29, 1.82) is 0 Å². The molecular weight excluding hydrogens is 238 g/mol. The van der Waals surface area contributed by atoms with Gasteiger partial charge in [0.15, 0.2) is 5.84 Å². The van der Waals surface area contributed by atoms with E-state index in [0.717, 1.165) is 5.56 Å². The van der Waals surface area contributed by atoms with Gasteiger partial charge >= 0.3 is 0 Å². The maximum atomic E-state index is 8.85. The van der Waals surface area contributed by atoms with Crippen LogP contribution in [0.15, 0.2) is 53.9 Å². The van der Waals surface area contributed by atoms with Crippen molar-refractivity contribution in [3.8, 4) is 0 Å². The fourth-order valence-electron chi connectivity index (χ4n) is 1.75. The normalized spacial score (nSPS) is 13.6. The summed E-state index contributed by atoms with van der Waals surface area (Å²) in [6.45, 7) is 0. The van der Waals surface area contributed by atoms with Gasteiger partial charge in [0.2, 0.25) is 0 Å². The summed E-state index contributed by atoms with van der Waals surface area (Å²) in [5, 5.41) is 12.5. The van der Waals surface area contributed by atoms with Crippen molar-refractivity contribution in [1.82, 2.24) is 4.57 Å². The second-order valence-electron chi connectivity index (χ2n) is 3.61. The predicted octanol–water partition coefficient (Wildman–Crippen LogP) is 2.48. The van der Waals surface area contributed by atoms with Crippen LogP contribution in [0.4, 0.5) is 0 Å². The summed E-state index contributed by atoms with van der Waals surface area (Å²) in [6, 6.07) is 10.7. The molecule has 17 heavy (non-hydrogen) atoms. The molecule has 0 aliphatic carbocycles. The van der Waals surface area contributed by atoms with E-state index >= 15 is 0 Å². The minimum atomic E-state index is -0.353. The van der Waals surface area contributed by atoms with Crippen molar-refractivity contribution >= 4 is 17.4 Å². The van der Waals surface area contributed by atoms with Gasteiger partial charge in [0, 0.05) is 17.4 Å². The lowest BCUT2D eigenvalue weighted by Crippen LogP contribution is -2.27. The number of oxime groups is 1. The van der Waals surface area contributed by atoms with Gasteiger partial charge in [-0.05, 0) is 29.8 Å². The Bertz CT molecular complexity index is 522. The van der Waals surface area contributed by atoms with E-state index in [9.17, 15) is 0 Å². The Hall–Kier alpha value is -1.94. The van der Waals surface area contributed by atoms with Gasteiger partial charge in [-0.25, -0.2) is 0 Å². The molecule has 88 valence electrons. The summed E-state index contributed by atoms with van der Waals surface area (Å²) in [5.41, 5.74) is 6.59. The van der Waals surface area contributed by atoms with E-state index in [0.29, 0.717) is 5.02 Å². The number of benzene rings is 1. The molecule has 1 aromatic heterocycles. The van der Waals surface area contributed by atoms with Crippen molar-refractivity contribution in [3.63, 3.8) is 0 Å². The average molecular weight is 250 g/mol. The molecule has 4 nitrogen and oxygen atoms in total. The van der Waals surface area contributed by atoms with Gasteiger partial charge in [0.25, 0.3) is 0 Å². The monoisotopic (exact) mass is 249 g/mol. The minimum Gasteiger partial charge on any atom is -0.409 e. The predicted molar refractivity (Wildman–Crippen MR) is 67.4 cm³/mol. The van der Waals surface area contributed by atoms with Crippen LogP contribution in [0.5, 0.6) is 0 Å². The number of amidine groups is 1. The number of hydrogen-bond acceptors (Lipinski definition) is 2. The van der Waals surface area contributed by atoms with E-state index in [1.165, 1.54) is 0 Å². The first kappa shape index (κ1) is 11.5. The molecule has 0 saturated carbocycles. The third-order valence-electron chi connectivity index (χ3n) is 2.49. The number of halogens is 1. The van der Waals surface area contributed by atoms with Crippen molar-refractivity contribution in [2.75, 3.05) is 0 Å². The highest BCUT2D eigenvalue weighted by molar-refractivity contribution is 6.30. The Morgan fingerprint density at radius 3 is 2.59 bits per heavy atom. The fourth-order valence-corrected chi connectivity index (χ4v) is 1.95. The molecule has 1 atom stereocenters. The maximum absolute atomic E-state index is 8.85. The number of hydrogen-bond donors (Lipinski definition) is 2. The van der Waals surface area contributed by atoms with Gasteiger partial charge in [-0.1, -0.05) is 28.9 Å². The first-order valence-corrected chi connectivity index (χ1v) is 5.45. The molecule has 1 aromatic carbocycles. The molecule has 0 radical (unpaired) electrons. The molecule has 0 aliphatic heterocycles. The largest absolute Gasteiger partial charge is 0.409 e. The maximum Gasteiger partial charge on any atom is 0.166 e. The van der Waals surface area contributed by atoms with Crippen LogP contribution in [0.25, 0.3) is 0 Å². The molecule has 0 spiro atoms. The summed E-state index contributed by atoms with van der Waals surface area (Å²) < 4.78 is 1.85. The number of rotatable bonds is 3. The SMILES string of the molecule is N/C(=N\O)C(c1cccc(Cl)c1)n1cccc1. The summed E-state index contributed by atoms with van der Waals surface area (Å²) in [7, 11) is 0. The molecule has 0 amide bonds. The highest BCUT2D eigenvalue weighted by atomic mass is 35.5. The Morgan fingerprint density at radius 1 is 1.29 bits per heavy atom. The topological polar surface area (TPSA) is 63.5 Å². The molecule has 1 heterocycles. The number of nitrogens with zero attached hydrogens (tertiary/aromatic N) is 2. The van der Waals surface area contributed by atoms with E-state index in [1.807, 2.05) is 41.2 Å². The highest BCUT2D eigenvalue weighted by Crippen LogP contribution is 2.22. The van der Waals surface area contributed by atoms with Gasteiger partial charge in [-0.15, -0.1) is 0 Å². The Kier molecular flexibility index (Phi) is 3.35. The smallest absolute Gasteiger partial charge is 0.166 e. The van der Waals surface area contributed by atoms with Gasteiger partial charge in [-0.3, -0.25) is 0 Å². The fraction of sp³-hybridized carbons (Fsp3) is 0.0833. The molecule has 0 aliphatic rings. The van der Waals surface area contributed by atoms with Crippen molar-refractivity contribution in [2.45, 2.75) is 6.04 Å². The van der Waals surface area contributed by atoms with E-state index in [-0.39, 0.29) is 11.9 Å². The lowest BCUT2D eigenvalue weighted by atomic mass is 10.1. The molecule has 5 heteroatoms. The minimum absolute atomic E-state index is 0.114. The molecule has 0 fully saturated rings. The standard InChI is InChI=1S/C12H12ClN3O/c13-10-5-3-4-9(8-10)11(12(14)15-17)16-6-1-2-7-16/h1-8,11,17H,(H2,14,15). The molecule has 1 unspecified atom stereocenters. The first-order chi connectivity index (χ1) is 8.22. The molecule has 2 aromatic rings. The lowest BCUT2D eigenvalue weighted by Gasteiger charge is -2.18. The van der Waals surface area contributed by atoms with Gasteiger partial charge in [-0.2, -0.15) is 0 Å². The van der Waals surface area contributed by atoms with Crippen molar-refractivity contribution < 1.29 is 5.21 Å². The number of nitrogens with two attached hydrogens (primary N) is 1. The molecule has 0 bridgehead atoms. The van der Waals surface area contributed by atoms with Gasteiger partial charge in [0.05, 0.1) is 0 Å². The van der Waals surface area contributed by atoms with E-state index in [4.69, 9.17) is 22.5 Å². The van der Waals surface area contributed by atoms with Crippen LogP contribution in [-0.2, 0) is 0 Å². The van der Waals surface area contributed by atoms with Crippen LogP contribution >= 0.6 is 11.6 Å². The van der Waals surface area contributed by atoms with Crippen LogP contribution in [-0.4, -0.2) is 15.6 Å². The molecule has 2 rings (SSSR count). The summed E-state index contributed by atoms with van der Waals surface area (Å²) in [5.74, 6) is 0.114. The molecule has 3 N–H and O–H groups in total. The van der Waals surface area contributed by atoms with E-state index in [1.54, 1.807) is 12.1 Å². The average Bonchev–Trinajstić information content (AvgIpc) is 2.83. The second-order valence-corrected chi connectivity index (χ2v) is 4.05. The van der Waals surface area contributed by atoms with Crippen molar-refractivity contribution in [3.05, 3.63) is 59.4 Å². The zero-order valence-electron chi connectivity index (χ0n) is 8.99. The first-order valence-electron chi connectivity index (χ1n) is 5.07. The van der Waals surface area contributed by atoms with Crippen LogP contribution in [0.3, 0.4) is 0 Å². The summed E-state index contributed by atoms with van der Waals surface area (Å²) in [6.07, 6.45) is 3.70. The molecular formula is C12H12ClN3O. The zero-order chi connectivity index (χ0) is 12.3. The summed E-state index contributed by atoms with van der Waals surface area (Å²) in [4.78, 5) is 0. The Balaban J connectivity index is 2.48. The Morgan fingerprint density at radius 2 is 2.00 bits per heavy atom. The lowest BCUT2D eigenvalue weighted by molar-refractivity contribution is 0.315. The zero-order valence-corrected chi connectivity index (χ0v) is 9.75. The number of aromatic nitrogens is 1. The third-order valence-corrected chi connectivity index (χ3v) is 2.72. The van der Waals surface area contributed by atoms with Crippen LogP contribution in [0.1, 0.15) is 11.6 Å². The highest BCUT2D eigenvalue weighted by Gasteiger charge is 2.17. The molecule has 0 saturated heterocycles. The van der Waals surface area contributed by atoms with Crippen molar-refractivity contribution in [2.24, 2.45) is 10.9 Å². The summed E-state index contributed by atoms with van der Waals surface area (Å²) >= 11 is 5.95. The van der Waals surface area contributed by atoms with Gasteiger partial charge in [0.1, 0.15) is 6.04 Å². The van der Waals surface area contributed by atoms with Crippen LogP contribution in [0, 0.1) is 0 Å². The Labute approximate surface area is 104 Å². The third kappa shape index (κ3) is 2.42. The van der Waals surface area contributed by atoms with E-state index < -0.39 is 0 Å². The van der Waals surface area contributed by atoms with Crippen LogP contribution in [0.2, 0.25) is 5.02 Å². The van der Waals surface area contributed by atoms with Crippen LogP contribution < -0.4 is 5.73 Å². The van der Waals surface area contributed by atoms with Gasteiger partial charge < -0.3 is 15.5 Å².